The van der Waals surface area contributed by atoms with Gasteiger partial charge >= 0.3 is 5.97 Å². The average Bonchev–Trinajstić information content (AvgIpc) is 3.09. The first-order valence-electron chi connectivity index (χ1n) is 9.20. The third kappa shape index (κ3) is 2.33. The molecule has 4 aromatic rings. The number of hydrogen-bond acceptors (Lipinski definition) is 4. The zero-order chi connectivity index (χ0) is 19.3. The molecule has 1 N–H and O–H groups in total. The monoisotopic (exact) mass is 369 g/mol. The second kappa shape index (κ2) is 6.23. The number of imidazole rings is 1. The van der Waals surface area contributed by atoms with Crippen molar-refractivity contribution in [1.29, 1.82) is 0 Å². The van der Waals surface area contributed by atoms with E-state index in [0.717, 1.165) is 39.0 Å². The fraction of sp³-hybridized carbons (Fsp3) is 0.130. The summed E-state index contributed by atoms with van der Waals surface area (Å²) in [5.74, 6) is 0.385. The van der Waals surface area contributed by atoms with Gasteiger partial charge in [0.1, 0.15) is 0 Å². The maximum Gasteiger partial charge on any atom is 0.337 e. The van der Waals surface area contributed by atoms with Gasteiger partial charge in [0.25, 0.3) is 0 Å². The molecule has 28 heavy (non-hydrogen) atoms. The molecule has 1 aromatic heterocycles. The fourth-order valence-corrected chi connectivity index (χ4v) is 4.12. The lowest BCUT2D eigenvalue weighted by atomic mass is 9.91. The van der Waals surface area contributed by atoms with Gasteiger partial charge in [-0.2, -0.15) is 0 Å². The van der Waals surface area contributed by atoms with Crippen LogP contribution < -0.4 is 5.32 Å². The van der Waals surface area contributed by atoms with E-state index in [4.69, 9.17) is 9.72 Å². The Morgan fingerprint density at radius 1 is 1.04 bits per heavy atom. The van der Waals surface area contributed by atoms with Gasteiger partial charge in [-0.1, -0.05) is 54.6 Å². The number of allylic oxidation sites excluding steroid dienone is 1. The lowest BCUT2D eigenvalue weighted by Crippen LogP contribution is -2.28. The summed E-state index contributed by atoms with van der Waals surface area (Å²) in [4.78, 5) is 17.6. The Kier molecular flexibility index (Phi) is 3.69. The van der Waals surface area contributed by atoms with E-state index in [1.54, 1.807) is 0 Å². The third-order valence-corrected chi connectivity index (χ3v) is 5.35. The molecule has 1 aliphatic rings. The highest BCUT2D eigenvalue weighted by atomic mass is 16.5. The fourth-order valence-electron chi connectivity index (χ4n) is 4.12. The van der Waals surface area contributed by atoms with Gasteiger partial charge in [0.05, 0.1) is 29.8 Å². The largest absolute Gasteiger partial charge is 0.466 e. The number of ether oxygens (including phenoxy) is 1. The number of hydrogen-bond donors (Lipinski definition) is 1. The van der Waals surface area contributed by atoms with Gasteiger partial charge in [0.15, 0.2) is 0 Å². The number of nitrogens with zero attached hydrogens (tertiary/aromatic N) is 2. The molecular formula is C23H19N3O2. The topological polar surface area (TPSA) is 56.1 Å². The van der Waals surface area contributed by atoms with Crippen LogP contribution in [0.3, 0.4) is 0 Å². The number of carbonyl (C=O) groups excluding carboxylic acids is 1. The Bertz CT molecular complexity index is 1260. The number of para-hydroxylation sites is 2. The SMILES string of the molecule is COC(=O)C1=C(C)Nc2nc3ccccc3n2[C@H]1c1cccc2ccccc12. The van der Waals surface area contributed by atoms with Gasteiger partial charge in [-0.25, -0.2) is 9.78 Å². The van der Waals surface area contributed by atoms with Crippen molar-refractivity contribution in [3.63, 3.8) is 0 Å². The van der Waals surface area contributed by atoms with Crippen molar-refractivity contribution in [2.24, 2.45) is 0 Å². The van der Waals surface area contributed by atoms with Crippen molar-refractivity contribution in [3.05, 3.63) is 83.6 Å². The molecule has 3 aromatic carbocycles. The Morgan fingerprint density at radius 3 is 2.64 bits per heavy atom. The number of rotatable bonds is 2. The van der Waals surface area contributed by atoms with Gasteiger partial charge < -0.3 is 10.1 Å². The molecule has 0 aliphatic carbocycles. The van der Waals surface area contributed by atoms with Crippen molar-refractivity contribution in [2.45, 2.75) is 13.0 Å². The smallest absolute Gasteiger partial charge is 0.337 e. The number of anilines is 1. The summed E-state index contributed by atoms with van der Waals surface area (Å²) in [5.41, 5.74) is 4.25. The highest BCUT2D eigenvalue weighted by Crippen LogP contribution is 2.41. The van der Waals surface area contributed by atoms with Crippen LogP contribution in [-0.4, -0.2) is 22.6 Å². The van der Waals surface area contributed by atoms with E-state index in [2.05, 4.69) is 34.1 Å². The van der Waals surface area contributed by atoms with Crippen LogP contribution in [0.2, 0.25) is 0 Å². The zero-order valence-corrected chi connectivity index (χ0v) is 15.6. The Balaban J connectivity index is 1.88. The molecule has 0 unspecified atom stereocenters. The second-order valence-corrected chi connectivity index (χ2v) is 6.92. The minimum absolute atomic E-state index is 0.331. The van der Waals surface area contributed by atoms with Gasteiger partial charge in [-0.15, -0.1) is 0 Å². The van der Waals surface area contributed by atoms with Crippen LogP contribution in [0.5, 0.6) is 0 Å². The number of fused-ring (bicyclic) bond motifs is 4. The number of carbonyl (C=O) groups is 1. The lowest BCUT2D eigenvalue weighted by Gasteiger charge is -2.30. The van der Waals surface area contributed by atoms with Crippen LogP contribution in [0.1, 0.15) is 18.5 Å². The second-order valence-electron chi connectivity index (χ2n) is 6.92. The molecule has 2 heterocycles. The quantitative estimate of drug-likeness (QED) is 0.523. The van der Waals surface area contributed by atoms with Crippen molar-refractivity contribution in [1.82, 2.24) is 9.55 Å². The molecule has 0 bridgehead atoms. The van der Waals surface area contributed by atoms with Crippen LogP contribution >= 0.6 is 0 Å². The van der Waals surface area contributed by atoms with Crippen molar-refractivity contribution in [3.8, 4) is 0 Å². The molecule has 0 radical (unpaired) electrons. The number of nitrogens with one attached hydrogen (secondary N) is 1. The predicted octanol–water partition coefficient (Wildman–Crippen LogP) is 4.65. The molecule has 5 heteroatoms. The molecular weight excluding hydrogens is 350 g/mol. The average molecular weight is 369 g/mol. The van der Waals surface area contributed by atoms with E-state index in [-0.39, 0.29) is 12.0 Å². The van der Waals surface area contributed by atoms with Gasteiger partial charge in [-0.05, 0) is 35.4 Å². The first-order chi connectivity index (χ1) is 13.7. The first-order valence-corrected chi connectivity index (χ1v) is 9.20. The molecule has 5 nitrogen and oxygen atoms in total. The van der Waals surface area contributed by atoms with Crippen LogP contribution in [0.15, 0.2) is 78.0 Å². The molecule has 138 valence electrons. The summed E-state index contributed by atoms with van der Waals surface area (Å²) in [6.07, 6.45) is 0. The van der Waals surface area contributed by atoms with E-state index < -0.39 is 0 Å². The highest BCUT2D eigenvalue weighted by Gasteiger charge is 2.35. The van der Waals surface area contributed by atoms with E-state index in [0.29, 0.717) is 5.57 Å². The van der Waals surface area contributed by atoms with Crippen LogP contribution in [0, 0.1) is 0 Å². The summed E-state index contributed by atoms with van der Waals surface area (Å²) in [7, 11) is 1.42. The van der Waals surface area contributed by atoms with Crippen molar-refractivity contribution >= 4 is 33.7 Å². The molecule has 1 aliphatic heterocycles. The van der Waals surface area contributed by atoms with E-state index in [1.165, 1.54) is 7.11 Å². The summed E-state index contributed by atoms with van der Waals surface area (Å²) in [6, 6.07) is 22.0. The van der Waals surface area contributed by atoms with E-state index in [1.807, 2.05) is 49.4 Å². The van der Waals surface area contributed by atoms with Crippen molar-refractivity contribution < 1.29 is 9.53 Å². The van der Waals surface area contributed by atoms with Gasteiger partial charge in [-0.3, -0.25) is 4.57 Å². The maximum atomic E-state index is 12.8. The summed E-state index contributed by atoms with van der Waals surface area (Å²) in [6.45, 7) is 1.90. The van der Waals surface area contributed by atoms with Gasteiger partial charge in [0.2, 0.25) is 5.95 Å². The summed E-state index contributed by atoms with van der Waals surface area (Å²) in [5, 5.41) is 5.53. The van der Waals surface area contributed by atoms with Crippen molar-refractivity contribution in [2.75, 3.05) is 12.4 Å². The number of aromatic nitrogens is 2. The minimum Gasteiger partial charge on any atom is -0.466 e. The van der Waals surface area contributed by atoms with Crippen LogP contribution in [0.25, 0.3) is 21.8 Å². The van der Waals surface area contributed by atoms with Crippen LogP contribution in [-0.2, 0) is 9.53 Å². The molecule has 5 rings (SSSR count). The Labute approximate surface area is 162 Å². The number of esters is 1. The first kappa shape index (κ1) is 16.6. The highest BCUT2D eigenvalue weighted by molar-refractivity contribution is 5.96. The number of benzene rings is 3. The molecule has 0 amide bonds. The standard InChI is InChI=1S/C23H19N3O2/c1-14-20(22(27)28-2)21(17-11-7-9-15-8-3-4-10-16(15)17)26-19-13-6-5-12-18(19)25-23(26)24-14/h3-13,21H,1-2H3,(H,24,25)/t21-/m0/s1. The summed E-state index contributed by atoms with van der Waals surface area (Å²) < 4.78 is 7.25. The minimum atomic E-state index is -0.341. The number of methoxy groups -OCH3 is 1. The molecule has 0 saturated heterocycles. The Hall–Kier alpha value is -3.60. The van der Waals surface area contributed by atoms with E-state index in [9.17, 15) is 4.79 Å². The molecule has 0 fully saturated rings. The van der Waals surface area contributed by atoms with E-state index >= 15 is 0 Å². The third-order valence-electron chi connectivity index (χ3n) is 5.35. The van der Waals surface area contributed by atoms with Gasteiger partial charge in [0, 0.05) is 5.70 Å². The van der Waals surface area contributed by atoms with Crippen LogP contribution in [0.4, 0.5) is 5.95 Å². The maximum absolute atomic E-state index is 12.8. The zero-order valence-electron chi connectivity index (χ0n) is 15.6. The predicted molar refractivity (Wildman–Crippen MR) is 110 cm³/mol. The normalized spacial score (nSPS) is 16.1. The molecule has 1 atom stereocenters. The summed E-state index contributed by atoms with van der Waals surface area (Å²) >= 11 is 0. The molecule has 0 saturated carbocycles. The Morgan fingerprint density at radius 2 is 1.79 bits per heavy atom. The molecule has 0 spiro atoms. The lowest BCUT2D eigenvalue weighted by molar-refractivity contribution is -0.136.